The number of hydrazine groups is 1. The van der Waals surface area contributed by atoms with Crippen LogP contribution in [0, 0.1) is 5.41 Å². The molecule has 6 heteroatoms. The van der Waals surface area contributed by atoms with Crippen molar-refractivity contribution in [1.82, 2.24) is 9.97 Å². The molecule has 4 N–H and O–H groups in total. The van der Waals surface area contributed by atoms with Crippen molar-refractivity contribution in [2.24, 2.45) is 11.3 Å². The zero-order valence-corrected chi connectivity index (χ0v) is 11.4. The highest BCUT2D eigenvalue weighted by Gasteiger charge is 2.26. The van der Waals surface area contributed by atoms with E-state index in [1.807, 2.05) is 0 Å². The van der Waals surface area contributed by atoms with Crippen LogP contribution in [0.5, 0.6) is 0 Å². The molecule has 1 aromatic heterocycles. The summed E-state index contributed by atoms with van der Waals surface area (Å²) >= 11 is 6.06. The van der Waals surface area contributed by atoms with Crippen molar-refractivity contribution in [1.29, 1.82) is 0 Å². The van der Waals surface area contributed by atoms with Crippen molar-refractivity contribution in [3.05, 3.63) is 11.2 Å². The zero-order valence-electron chi connectivity index (χ0n) is 10.7. The summed E-state index contributed by atoms with van der Waals surface area (Å²) in [6.07, 6.45) is 8.03. The SMILES string of the molecule is CC1(CNc2nc(NN)ncc2Cl)CCCCC1. The lowest BCUT2D eigenvalue weighted by Gasteiger charge is -2.33. The van der Waals surface area contributed by atoms with Gasteiger partial charge >= 0.3 is 0 Å². The van der Waals surface area contributed by atoms with Gasteiger partial charge in [-0.3, -0.25) is 5.43 Å². The van der Waals surface area contributed by atoms with Crippen molar-refractivity contribution in [3.8, 4) is 0 Å². The van der Waals surface area contributed by atoms with Crippen LogP contribution >= 0.6 is 11.6 Å². The maximum atomic E-state index is 6.06. The topological polar surface area (TPSA) is 75.9 Å². The number of nitrogen functional groups attached to an aromatic ring is 1. The summed E-state index contributed by atoms with van der Waals surface area (Å²) in [4.78, 5) is 8.17. The van der Waals surface area contributed by atoms with Crippen LogP contribution in [-0.4, -0.2) is 16.5 Å². The van der Waals surface area contributed by atoms with Crippen LogP contribution in [-0.2, 0) is 0 Å². The van der Waals surface area contributed by atoms with E-state index >= 15 is 0 Å². The van der Waals surface area contributed by atoms with Gasteiger partial charge in [-0.2, -0.15) is 4.98 Å². The maximum absolute atomic E-state index is 6.06. The Kier molecular flexibility index (Phi) is 4.24. The lowest BCUT2D eigenvalue weighted by atomic mass is 9.76. The zero-order chi connectivity index (χ0) is 13.0. The lowest BCUT2D eigenvalue weighted by molar-refractivity contribution is 0.233. The molecular formula is C12H20ClN5. The van der Waals surface area contributed by atoms with Gasteiger partial charge in [0.05, 0.1) is 6.20 Å². The highest BCUT2D eigenvalue weighted by Crippen LogP contribution is 2.36. The highest BCUT2D eigenvalue weighted by atomic mass is 35.5. The van der Waals surface area contributed by atoms with Crippen LogP contribution < -0.4 is 16.6 Å². The van der Waals surface area contributed by atoms with Crippen LogP contribution in [0.1, 0.15) is 39.0 Å². The van der Waals surface area contributed by atoms with E-state index in [1.165, 1.54) is 32.1 Å². The molecule has 100 valence electrons. The van der Waals surface area contributed by atoms with Crippen LogP contribution in [0.3, 0.4) is 0 Å². The van der Waals surface area contributed by atoms with Gasteiger partial charge in [0.1, 0.15) is 5.02 Å². The number of rotatable bonds is 4. The predicted octanol–water partition coefficient (Wildman–Crippen LogP) is 2.80. The number of nitrogens with zero attached hydrogens (tertiary/aromatic N) is 2. The molecule has 1 aromatic rings. The summed E-state index contributed by atoms with van der Waals surface area (Å²) in [6.45, 7) is 3.20. The Morgan fingerprint density at radius 2 is 2.11 bits per heavy atom. The smallest absolute Gasteiger partial charge is 0.239 e. The molecule has 1 fully saturated rings. The molecule has 1 aliphatic carbocycles. The number of halogens is 1. The number of nitrogens with two attached hydrogens (primary N) is 1. The Balaban J connectivity index is 2.00. The normalized spacial score (nSPS) is 18.4. The number of hydrogen-bond acceptors (Lipinski definition) is 5. The van der Waals surface area contributed by atoms with E-state index in [-0.39, 0.29) is 0 Å². The van der Waals surface area contributed by atoms with Gasteiger partial charge in [0, 0.05) is 6.54 Å². The number of nitrogens with one attached hydrogen (secondary N) is 2. The molecule has 2 rings (SSSR count). The van der Waals surface area contributed by atoms with Crippen molar-refractivity contribution in [2.75, 3.05) is 17.3 Å². The molecule has 1 heterocycles. The van der Waals surface area contributed by atoms with Crippen LogP contribution in [0.15, 0.2) is 6.20 Å². The fourth-order valence-corrected chi connectivity index (χ4v) is 2.60. The fraction of sp³-hybridized carbons (Fsp3) is 0.667. The summed E-state index contributed by atoms with van der Waals surface area (Å²) in [5.41, 5.74) is 2.76. The summed E-state index contributed by atoms with van der Waals surface area (Å²) < 4.78 is 0. The lowest BCUT2D eigenvalue weighted by Crippen LogP contribution is -2.29. The van der Waals surface area contributed by atoms with Gasteiger partial charge in [-0.05, 0) is 18.3 Å². The first kappa shape index (κ1) is 13.4. The molecule has 1 aliphatic rings. The number of aromatic nitrogens is 2. The largest absolute Gasteiger partial charge is 0.368 e. The Morgan fingerprint density at radius 3 is 2.78 bits per heavy atom. The molecule has 5 nitrogen and oxygen atoms in total. The van der Waals surface area contributed by atoms with Gasteiger partial charge in [0.25, 0.3) is 0 Å². The first-order chi connectivity index (χ1) is 8.63. The minimum Gasteiger partial charge on any atom is -0.368 e. The molecule has 0 spiro atoms. The molecule has 0 bridgehead atoms. The number of anilines is 2. The van der Waals surface area contributed by atoms with Gasteiger partial charge in [-0.25, -0.2) is 10.8 Å². The summed E-state index contributed by atoms with van der Waals surface area (Å²) in [7, 11) is 0. The van der Waals surface area contributed by atoms with Crippen LogP contribution in [0.4, 0.5) is 11.8 Å². The molecule has 0 aliphatic heterocycles. The minimum atomic E-state index is 0.336. The third-order valence-electron chi connectivity index (χ3n) is 3.62. The second-order valence-corrected chi connectivity index (χ2v) is 5.67. The standard InChI is InChI=1S/C12H20ClN5/c1-12(5-3-2-4-6-12)8-16-10-9(13)7-15-11(17-10)18-14/h7H,2-6,8,14H2,1H3,(H2,15,16,17,18). The molecule has 18 heavy (non-hydrogen) atoms. The van der Waals surface area contributed by atoms with Gasteiger partial charge in [-0.1, -0.05) is 37.8 Å². The third-order valence-corrected chi connectivity index (χ3v) is 3.89. The Hall–Kier alpha value is -1.07. The summed E-state index contributed by atoms with van der Waals surface area (Å²) in [6, 6.07) is 0. The first-order valence-electron chi connectivity index (χ1n) is 6.36. The molecule has 0 unspecified atom stereocenters. The fourth-order valence-electron chi connectivity index (χ4n) is 2.44. The molecule has 0 radical (unpaired) electrons. The molecular weight excluding hydrogens is 250 g/mol. The van der Waals surface area contributed by atoms with Crippen LogP contribution in [0.2, 0.25) is 5.02 Å². The highest BCUT2D eigenvalue weighted by molar-refractivity contribution is 6.32. The number of hydrogen-bond donors (Lipinski definition) is 3. The third kappa shape index (κ3) is 3.23. The van der Waals surface area contributed by atoms with E-state index in [0.29, 0.717) is 22.2 Å². The van der Waals surface area contributed by atoms with Crippen LogP contribution in [0.25, 0.3) is 0 Å². The summed E-state index contributed by atoms with van der Waals surface area (Å²) in [5, 5.41) is 3.84. The molecule has 0 aromatic carbocycles. The van der Waals surface area contributed by atoms with E-state index in [4.69, 9.17) is 17.4 Å². The molecule has 0 amide bonds. The van der Waals surface area contributed by atoms with Crippen molar-refractivity contribution < 1.29 is 0 Å². The molecule has 1 saturated carbocycles. The second kappa shape index (κ2) is 5.71. The minimum absolute atomic E-state index is 0.336. The quantitative estimate of drug-likeness (QED) is 0.579. The molecule has 0 atom stereocenters. The Labute approximate surface area is 112 Å². The first-order valence-corrected chi connectivity index (χ1v) is 6.74. The van der Waals surface area contributed by atoms with Gasteiger partial charge in [0.15, 0.2) is 5.82 Å². The average molecular weight is 270 g/mol. The van der Waals surface area contributed by atoms with E-state index in [0.717, 1.165) is 6.54 Å². The Bertz CT molecular complexity index is 403. The maximum Gasteiger partial charge on any atom is 0.239 e. The van der Waals surface area contributed by atoms with Gasteiger partial charge in [-0.15, -0.1) is 0 Å². The van der Waals surface area contributed by atoms with E-state index in [9.17, 15) is 0 Å². The van der Waals surface area contributed by atoms with E-state index in [1.54, 1.807) is 6.20 Å². The summed E-state index contributed by atoms with van der Waals surface area (Å²) in [5.74, 6) is 6.30. The monoisotopic (exact) mass is 269 g/mol. The predicted molar refractivity (Wildman–Crippen MR) is 74.5 cm³/mol. The van der Waals surface area contributed by atoms with E-state index in [2.05, 4.69) is 27.6 Å². The van der Waals surface area contributed by atoms with E-state index < -0.39 is 0 Å². The van der Waals surface area contributed by atoms with Crippen molar-refractivity contribution in [3.63, 3.8) is 0 Å². The van der Waals surface area contributed by atoms with Crippen molar-refractivity contribution in [2.45, 2.75) is 39.0 Å². The second-order valence-electron chi connectivity index (χ2n) is 5.26. The Morgan fingerprint density at radius 1 is 1.39 bits per heavy atom. The van der Waals surface area contributed by atoms with Crippen molar-refractivity contribution >= 4 is 23.4 Å². The molecule has 0 saturated heterocycles. The van der Waals surface area contributed by atoms with Gasteiger partial charge in [0.2, 0.25) is 5.95 Å². The average Bonchev–Trinajstić information content (AvgIpc) is 2.39. The van der Waals surface area contributed by atoms with Gasteiger partial charge < -0.3 is 5.32 Å².